The zero-order valence-electron chi connectivity index (χ0n) is 12.3. The van der Waals surface area contributed by atoms with Gasteiger partial charge < -0.3 is 10.5 Å². The standard InChI is InChI=1S/C17H27NO/c1-3-13(2)14-6-8-15(9-7-14)17(18)11-10-16-5-4-12-19-16/h6-9,13,16-17H,3-5,10-12,18H2,1-2H3. The first kappa shape index (κ1) is 14.5. The molecule has 1 heterocycles. The molecule has 2 N–H and O–H groups in total. The van der Waals surface area contributed by atoms with E-state index >= 15 is 0 Å². The summed E-state index contributed by atoms with van der Waals surface area (Å²) in [7, 11) is 0. The average Bonchev–Trinajstić information content (AvgIpc) is 2.97. The van der Waals surface area contributed by atoms with Crippen molar-refractivity contribution in [3.05, 3.63) is 35.4 Å². The Labute approximate surface area is 117 Å². The van der Waals surface area contributed by atoms with Crippen molar-refractivity contribution in [2.75, 3.05) is 6.61 Å². The van der Waals surface area contributed by atoms with Crippen LogP contribution in [0, 0.1) is 0 Å². The summed E-state index contributed by atoms with van der Waals surface area (Å²) >= 11 is 0. The molecule has 19 heavy (non-hydrogen) atoms. The van der Waals surface area contributed by atoms with Crippen LogP contribution in [-0.4, -0.2) is 12.7 Å². The van der Waals surface area contributed by atoms with Crippen molar-refractivity contribution in [3.8, 4) is 0 Å². The van der Waals surface area contributed by atoms with Crippen LogP contribution in [0.3, 0.4) is 0 Å². The van der Waals surface area contributed by atoms with Crippen molar-refractivity contribution in [1.82, 2.24) is 0 Å². The van der Waals surface area contributed by atoms with E-state index in [-0.39, 0.29) is 6.04 Å². The SMILES string of the molecule is CCC(C)c1ccc(C(N)CCC2CCCO2)cc1. The van der Waals surface area contributed by atoms with Crippen LogP contribution in [0.4, 0.5) is 0 Å². The van der Waals surface area contributed by atoms with Crippen LogP contribution in [0.15, 0.2) is 24.3 Å². The van der Waals surface area contributed by atoms with Crippen LogP contribution in [0.25, 0.3) is 0 Å². The second kappa shape index (κ2) is 7.06. The highest BCUT2D eigenvalue weighted by Crippen LogP contribution is 2.24. The Morgan fingerprint density at radius 1 is 1.26 bits per heavy atom. The fourth-order valence-electron chi connectivity index (χ4n) is 2.71. The molecule has 1 aromatic carbocycles. The van der Waals surface area contributed by atoms with Crippen molar-refractivity contribution in [3.63, 3.8) is 0 Å². The molecule has 3 unspecified atom stereocenters. The second-order valence-electron chi connectivity index (χ2n) is 5.79. The van der Waals surface area contributed by atoms with Gasteiger partial charge >= 0.3 is 0 Å². The van der Waals surface area contributed by atoms with Gasteiger partial charge in [-0.15, -0.1) is 0 Å². The van der Waals surface area contributed by atoms with Gasteiger partial charge in [0.05, 0.1) is 6.10 Å². The molecule has 106 valence electrons. The van der Waals surface area contributed by atoms with Gasteiger partial charge in [0.1, 0.15) is 0 Å². The molecule has 0 spiro atoms. The lowest BCUT2D eigenvalue weighted by Gasteiger charge is -2.16. The summed E-state index contributed by atoms with van der Waals surface area (Å²) in [6, 6.07) is 9.00. The fourth-order valence-corrected chi connectivity index (χ4v) is 2.71. The van der Waals surface area contributed by atoms with E-state index in [1.54, 1.807) is 0 Å². The molecule has 1 fully saturated rings. The predicted molar refractivity (Wildman–Crippen MR) is 80.3 cm³/mol. The maximum Gasteiger partial charge on any atom is 0.0576 e. The van der Waals surface area contributed by atoms with E-state index in [0.29, 0.717) is 12.0 Å². The van der Waals surface area contributed by atoms with E-state index in [2.05, 4.69) is 38.1 Å². The van der Waals surface area contributed by atoms with E-state index < -0.39 is 0 Å². The molecular weight excluding hydrogens is 234 g/mol. The second-order valence-corrected chi connectivity index (χ2v) is 5.79. The smallest absolute Gasteiger partial charge is 0.0576 e. The van der Waals surface area contributed by atoms with E-state index in [9.17, 15) is 0 Å². The molecule has 0 radical (unpaired) electrons. The Morgan fingerprint density at radius 2 is 1.95 bits per heavy atom. The maximum absolute atomic E-state index is 6.28. The largest absolute Gasteiger partial charge is 0.378 e. The van der Waals surface area contributed by atoms with Gasteiger partial charge in [0, 0.05) is 12.6 Å². The van der Waals surface area contributed by atoms with Gasteiger partial charge in [-0.1, -0.05) is 38.1 Å². The number of hydrogen-bond donors (Lipinski definition) is 1. The molecule has 0 saturated carbocycles. The van der Waals surface area contributed by atoms with Gasteiger partial charge in [-0.3, -0.25) is 0 Å². The molecule has 0 aromatic heterocycles. The zero-order valence-corrected chi connectivity index (χ0v) is 12.3. The summed E-state index contributed by atoms with van der Waals surface area (Å²) in [5, 5.41) is 0. The lowest BCUT2D eigenvalue weighted by atomic mass is 9.94. The summed E-state index contributed by atoms with van der Waals surface area (Å²) in [5.41, 5.74) is 8.95. The lowest BCUT2D eigenvalue weighted by Crippen LogP contribution is -2.14. The molecule has 1 aliphatic rings. The molecular formula is C17H27NO. The minimum Gasteiger partial charge on any atom is -0.378 e. The highest BCUT2D eigenvalue weighted by Gasteiger charge is 2.17. The van der Waals surface area contributed by atoms with Gasteiger partial charge in [-0.25, -0.2) is 0 Å². The highest BCUT2D eigenvalue weighted by atomic mass is 16.5. The van der Waals surface area contributed by atoms with Crippen LogP contribution in [0.2, 0.25) is 0 Å². The zero-order chi connectivity index (χ0) is 13.7. The number of hydrogen-bond acceptors (Lipinski definition) is 2. The first-order valence-corrected chi connectivity index (χ1v) is 7.67. The average molecular weight is 261 g/mol. The highest BCUT2D eigenvalue weighted by molar-refractivity contribution is 5.26. The van der Waals surface area contributed by atoms with Crippen molar-refractivity contribution in [1.29, 1.82) is 0 Å². The van der Waals surface area contributed by atoms with E-state index in [0.717, 1.165) is 19.4 Å². The van der Waals surface area contributed by atoms with Crippen LogP contribution in [0.5, 0.6) is 0 Å². The molecule has 1 aromatic rings. The van der Waals surface area contributed by atoms with E-state index in [1.807, 2.05) is 0 Å². The monoisotopic (exact) mass is 261 g/mol. The number of nitrogens with two attached hydrogens (primary N) is 1. The summed E-state index contributed by atoms with van der Waals surface area (Å²) in [6.07, 6.45) is 6.17. The molecule has 2 heteroatoms. The fraction of sp³-hybridized carbons (Fsp3) is 0.647. The van der Waals surface area contributed by atoms with Gasteiger partial charge in [0.2, 0.25) is 0 Å². The first-order valence-electron chi connectivity index (χ1n) is 7.67. The topological polar surface area (TPSA) is 35.2 Å². The van der Waals surface area contributed by atoms with Crippen molar-refractivity contribution in [2.45, 2.75) is 64.0 Å². The Bertz CT molecular complexity index is 367. The summed E-state index contributed by atoms with van der Waals surface area (Å²) in [5.74, 6) is 0.636. The van der Waals surface area contributed by atoms with E-state index in [4.69, 9.17) is 10.5 Å². The van der Waals surface area contributed by atoms with Crippen LogP contribution < -0.4 is 5.73 Å². The summed E-state index contributed by atoms with van der Waals surface area (Å²) in [6.45, 7) is 5.43. The molecule has 1 saturated heterocycles. The van der Waals surface area contributed by atoms with E-state index in [1.165, 1.54) is 30.4 Å². The normalized spacial score (nSPS) is 22.4. The maximum atomic E-state index is 6.28. The molecule has 0 bridgehead atoms. The molecule has 3 atom stereocenters. The quantitative estimate of drug-likeness (QED) is 0.834. The molecule has 1 aliphatic heterocycles. The predicted octanol–water partition coefficient (Wildman–Crippen LogP) is 4.16. The minimum absolute atomic E-state index is 0.148. The Kier molecular flexibility index (Phi) is 5.41. The van der Waals surface area contributed by atoms with Gasteiger partial charge in [0.15, 0.2) is 0 Å². The lowest BCUT2D eigenvalue weighted by molar-refractivity contribution is 0.101. The van der Waals surface area contributed by atoms with Gasteiger partial charge in [0.25, 0.3) is 0 Å². The van der Waals surface area contributed by atoms with Crippen molar-refractivity contribution >= 4 is 0 Å². The Hall–Kier alpha value is -0.860. The Morgan fingerprint density at radius 3 is 2.53 bits per heavy atom. The molecule has 2 nitrogen and oxygen atoms in total. The molecule has 0 aliphatic carbocycles. The molecule has 0 amide bonds. The number of ether oxygens (including phenoxy) is 1. The first-order chi connectivity index (χ1) is 9.20. The van der Waals surface area contributed by atoms with Crippen LogP contribution in [-0.2, 0) is 4.74 Å². The third-order valence-electron chi connectivity index (χ3n) is 4.37. The Balaban J connectivity index is 1.86. The van der Waals surface area contributed by atoms with Crippen molar-refractivity contribution < 1.29 is 4.74 Å². The summed E-state index contributed by atoms with van der Waals surface area (Å²) < 4.78 is 5.65. The third kappa shape index (κ3) is 4.05. The van der Waals surface area contributed by atoms with Crippen LogP contribution >= 0.6 is 0 Å². The molecule has 2 rings (SSSR count). The summed E-state index contributed by atoms with van der Waals surface area (Å²) in [4.78, 5) is 0. The minimum atomic E-state index is 0.148. The number of rotatable bonds is 6. The van der Waals surface area contributed by atoms with Crippen LogP contribution in [0.1, 0.15) is 69.0 Å². The van der Waals surface area contributed by atoms with Crippen molar-refractivity contribution in [2.24, 2.45) is 5.73 Å². The van der Waals surface area contributed by atoms with Gasteiger partial charge in [-0.05, 0) is 49.1 Å². The van der Waals surface area contributed by atoms with Gasteiger partial charge in [-0.2, -0.15) is 0 Å². The third-order valence-corrected chi connectivity index (χ3v) is 4.37. The number of benzene rings is 1.